The zero-order chi connectivity index (χ0) is 8.81. The van der Waals surface area contributed by atoms with Crippen molar-refractivity contribution >= 4 is 5.84 Å². The number of amidine groups is 1. The highest BCUT2D eigenvalue weighted by molar-refractivity contribution is 5.76. The van der Waals surface area contributed by atoms with Gasteiger partial charge in [0.2, 0.25) is 0 Å². The molecule has 0 aromatic rings. The van der Waals surface area contributed by atoms with Crippen LogP contribution in [0.4, 0.5) is 0 Å². The molecule has 5 N–H and O–H groups in total. The molecule has 1 fully saturated rings. The van der Waals surface area contributed by atoms with Gasteiger partial charge in [-0.15, -0.1) is 0 Å². The lowest BCUT2D eigenvalue weighted by Gasteiger charge is -2.22. The van der Waals surface area contributed by atoms with Crippen LogP contribution in [0.15, 0.2) is 5.10 Å². The van der Waals surface area contributed by atoms with E-state index in [1.807, 2.05) is 0 Å². The summed E-state index contributed by atoms with van der Waals surface area (Å²) in [5.74, 6) is 0.538. The Morgan fingerprint density at radius 1 is 1.50 bits per heavy atom. The number of nitrogens with two attached hydrogens (primary N) is 1. The van der Waals surface area contributed by atoms with E-state index in [2.05, 4.69) is 21.4 Å². The van der Waals surface area contributed by atoms with Gasteiger partial charge in [0.25, 0.3) is 0 Å². The molecule has 1 aliphatic rings. The van der Waals surface area contributed by atoms with Crippen molar-refractivity contribution in [3.05, 3.63) is 0 Å². The van der Waals surface area contributed by atoms with Crippen LogP contribution in [0, 0.1) is 0 Å². The number of rotatable bonds is 3. The van der Waals surface area contributed by atoms with Crippen molar-refractivity contribution in [2.75, 3.05) is 13.1 Å². The standard InChI is InChI=1S/C7H17N5/c1-6(8)10-12-11-7-2-4-9-5-3-7/h7,9,11-12H,2-5H2,1H3,(H2,8,10). The minimum atomic E-state index is 0.509. The number of hydrogen-bond donors (Lipinski definition) is 4. The van der Waals surface area contributed by atoms with Gasteiger partial charge in [-0.25, -0.2) is 11.0 Å². The molecule has 1 saturated heterocycles. The van der Waals surface area contributed by atoms with Gasteiger partial charge >= 0.3 is 0 Å². The highest BCUT2D eigenvalue weighted by Gasteiger charge is 2.10. The quantitative estimate of drug-likeness (QED) is 0.253. The summed E-state index contributed by atoms with van der Waals surface area (Å²) in [5, 5.41) is 7.12. The third-order valence-electron chi connectivity index (χ3n) is 1.84. The smallest absolute Gasteiger partial charge is 0.118 e. The van der Waals surface area contributed by atoms with Gasteiger partial charge in [0.05, 0.1) is 0 Å². The molecule has 0 aromatic heterocycles. The van der Waals surface area contributed by atoms with Crippen LogP contribution in [0.25, 0.3) is 0 Å². The predicted octanol–water partition coefficient (Wildman–Crippen LogP) is -0.875. The fourth-order valence-corrected chi connectivity index (χ4v) is 1.18. The topological polar surface area (TPSA) is 74.5 Å². The minimum absolute atomic E-state index is 0.509. The number of nitrogens with zero attached hydrogens (tertiary/aromatic N) is 1. The summed E-state index contributed by atoms with van der Waals surface area (Å²) in [4.78, 5) is 0. The van der Waals surface area contributed by atoms with Crippen molar-refractivity contribution in [1.29, 1.82) is 0 Å². The van der Waals surface area contributed by atoms with Gasteiger partial charge in [0, 0.05) is 6.04 Å². The van der Waals surface area contributed by atoms with Crippen LogP contribution in [-0.4, -0.2) is 25.0 Å². The van der Waals surface area contributed by atoms with Gasteiger partial charge in [-0.2, -0.15) is 5.10 Å². The van der Waals surface area contributed by atoms with Crippen LogP contribution in [0.2, 0.25) is 0 Å². The molecule has 0 bridgehead atoms. The normalized spacial score (nSPS) is 20.9. The molecule has 0 saturated carbocycles. The van der Waals surface area contributed by atoms with Crippen LogP contribution in [0.5, 0.6) is 0 Å². The molecule has 0 amide bonds. The lowest BCUT2D eigenvalue weighted by atomic mass is 10.1. The second-order valence-electron chi connectivity index (χ2n) is 3.03. The fraction of sp³-hybridized carbons (Fsp3) is 0.857. The Kier molecular flexibility index (Phi) is 3.83. The number of hydrazone groups is 1. The van der Waals surface area contributed by atoms with Crippen molar-refractivity contribution < 1.29 is 0 Å². The number of hydrogen-bond acceptors (Lipinski definition) is 4. The Morgan fingerprint density at radius 2 is 2.17 bits per heavy atom. The first-order chi connectivity index (χ1) is 5.79. The van der Waals surface area contributed by atoms with Gasteiger partial charge in [-0.05, 0) is 32.9 Å². The van der Waals surface area contributed by atoms with E-state index in [0.29, 0.717) is 11.9 Å². The molecule has 70 valence electrons. The molecular formula is C7H17N5. The Hall–Kier alpha value is -0.810. The molecule has 0 unspecified atom stereocenters. The van der Waals surface area contributed by atoms with Crippen molar-refractivity contribution in [3.8, 4) is 0 Å². The third kappa shape index (κ3) is 3.54. The van der Waals surface area contributed by atoms with E-state index in [4.69, 9.17) is 5.73 Å². The largest absolute Gasteiger partial charge is 0.386 e. The highest BCUT2D eigenvalue weighted by atomic mass is 15.6. The molecule has 0 radical (unpaired) electrons. The molecule has 5 heteroatoms. The van der Waals surface area contributed by atoms with Crippen LogP contribution in [-0.2, 0) is 0 Å². The summed E-state index contributed by atoms with van der Waals surface area (Å²) in [5.41, 5.74) is 11.2. The second-order valence-corrected chi connectivity index (χ2v) is 3.03. The molecule has 1 aliphatic heterocycles. The summed E-state index contributed by atoms with van der Waals surface area (Å²) in [7, 11) is 0. The molecule has 1 rings (SSSR count). The van der Waals surface area contributed by atoms with Crippen LogP contribution >= 0.6 is 0 Å². The fourth-order valence-electron chi connectivity index (χ4n) is 1.18. The molecule has 0 spiro atoms. The molecule has 0 aliphatic carbocycles. The summed E-state index contributed by atoms with van der Waals surface area (Å²) in [6, 6.07) is 0.509. The summed E-state index contributed by atoms with van der Waals surface area (Å²) >= 11 is 0. The van der Waals surface area contributed by atoms with E-state index in [1.54, 1.807) is 6.92 Å². The van der Waals surface area contributed by atoms with Crippen molar-refractivity contribution in [3.63, 3.8) is 0 Å². The van der Waals surface area contributed by atoms with Crippen molar-refractivity contribution in [2.24, 2.45) is 10.8 Å². The molecule has 1 heterocycles. The number of hydrazine groups is 1. The van der Waals surface area contributed by atoms with E-state index in [1.165, 1.54) is 0 Å². The first kappa shape index (κ1) is 9.28. The van der Waals surface area contributed by atoms with Gasteiger partial charge in [0.15, 0.2) is 0 Å². The van der Waals surface area contributed by atoms with Gasteiger partial charge in [-0.1, -0.05) is 0 Å². The highest BCUT2D eigenvalue weighted by Crippen LogP contribution is 1.99. The maximum atomic E-state index is 5.34. The predicted molar refractivity (Wildman–Crippen MR) is 49.5 cm³/mol. The third-order valence-corrected chi connectivity index (χ3v) is 1.84. The van der Waals surface area contributed by atoms with E-state index >= 15 is 0 Å². The summed E-state index contributed by atoms with van der Waals surface area (Å²) < 4.78 is 0. The second kappa shape index (κ2) is 4.95. The first-order valence-corrected chi connectivity index (χ1v) is 4.30. The van der Waals surface area contributed by atoms with Crippen molar-refractivity contribution in [2.45, 2.75) is 25.8 Å². The lowest BCUT2D eigenvalue weighted by molar-refractivity contribution is 0.350. The van der Waals surface area contributed by atoms with Crippen LogP contribution in [0.3, 0.4) is 0 Å². The molecule has 12 heavy (non-hydrogen) atoms. The Labute approximate surface area is 72.7 Å². The van der Waals surface area contributed by atoms with Gasteiger partial charge in [-0.3, -0.25) is 0 Å². The summed E-state index contributed by atoms with van der Waals surface area (Å²) in [6.45, 7) is 3.90. The maximum Gasteiger partial charge on any atom is 0.118 e. The van der Waals surface area contributed by atoms with E-state index in [0.717, 1.165) is 25.9 Å². The average molecular weight is 171 g/mol. The molecule has 0 aromatic carbocycles. The van der Waals surface area contributed by atoms with Gasteiger partial charge < -0.3 is 11.1 Å². The first-order valence-electron chi connectivity index (χ1n) is 4.30. The average Bonchev–Trinajstić information content (AvgIpc) is 2.05. The van der Waals surface area contributed by atoms with E-state index < -0.39 is 0 Å². The zero-order valence-electron chi connectivity index (χ0n) is 7.43. The van der Waals surface area contributed by atoms with Crippen molar-refractivity contribution in [1.82, 2.24) is 16.3 Å². The van der Waals surface area contributed by atoms with E-state index in [9.17, 15) is 0 Å². The zero-order valence-corrected chi connectivity index (χ0v) is 7.43. The number of piperidine rings is 1. The van der Waals surface area contributed by atoms with Crippen LogP contribution < -0.4 is 22.0 Å². The monoisotopic (exact) mass is 171 g/mol. The van der Waals surface area contributed by atoms with E-state index in [-0.39, 0.29) is 0 Å². The van der Waals surface area contributed by atoms with Crippen LogP contribution in [0.1, 0.15) is 19.8 Å². The SMILES string of the molecule is C/C(N)=N/NNC1CCNCC1. The Bertz CT molecular complexity index is 146. The Balaban J connectivity index is 2.09. The Morgan fingerprint density at radius 3 is 2.75 bits per heavy atom. The van der Waals surface area contributed by atoms with Gasteiger partial charge in [0.1, 0.15) is 5.84 Å². The molecule has 0 atom stereocenters. The molecule has 5 nitrogen and oxygen atoms in total. The lowest BCUT2D eigenvalue weighted by Crippen LogP contribution is -2.45. The minimum Gasteiger partial charge on any atom is -0.386 e. The summed E-state index contributed by atoms with van der Waals surface area (Å²) in [6.07, 6.45) is 2.26. The number of nitrogens with one attached hydrogen (secondary N) is 3. The molecular weight excluding hydrogens is 154 g/mol. The maximum absolute atomic E-state index is 5.34.